The number of nitrogens with one attached hydrogen (secondary N) is 2. The zero-order valence-electron chi connectivity index (χ0n) is 18.5. The van der Waals surface area contributed by atoms with Crippen molar-refractivity contribution in [3.8, 4) is 0 Å². The maximum Gasteiger partial charge on any atom is 0.232 e. The van der Waals surface area contributed by atoms with Crippen molar-refractivity contribution < 1.29 is 0 Å². The van der Waals surface area contributed by atoms with E-state index >= 15 is 0 Å². The van der Waals surface area contributed by atoms with Crippen molar-refractivity contribution in [2.75, 3.05) is 59.3 Å². The first-order chi connectivity index (χ1) is 15.1. The molecule has 8 heteroatoms. The maximum atomic E-state index is 5.45. The smallest absolute Gasteiger partial charge is 0.232 e. The van der Waals surface area contributed by atoms with E-state index in [0.29, 0.717) is 11.1 Å². The van der Waals surface area contributed by atoms with Crippen LogP contribution in [0.1, 0.15) is 33.1 Å². The van der Waals surface area contributed by atoms with Crippen LogP contribution in [0.2, 0.25) is 0 Å². The van der Waals surface area contributed by atoms with Gasteiger partial charge >= 0.3 is 0 Å². The Bertz CT molecular complexity index is 859. The van der Waals surface area contributed by atoms with E-state index in [4.69, 9.17) is 22.2 Å². The highest BCUT2D eigenvalue weighted by atomic mass is 32.1. The lowest BCUT2D eigenvalue weighted by atomic mass is 10.1. The fourth-order valence-corrected chi connectivity index (χ4v) is 4.48. The summed E-state index contributed by atoms with van der Waals surface area (Å²) >= 11 is 5.45. The zero-order valence-corrected chi connectivity index (χ0v) is 19.4. The highest BCUT2D eigenvalue weighted by Crippen LogP contribution is 2.26. The molecule has 0 bridgehead atoms. The van der Waals surface area contributed by atoms with Crippen LogP contribution in [0.25, 0.3) is 0 Å². The van der Waals surface area contributed by atoms with E-state index in [0.717, 1.165) is 50.9 Å². The number of para-hydroxylation sites is 1. The van der Waals surface area contributed by atoms with Crippen molar-refractivity contribution in [2.45, 2.75) is 39.2 Å². The molecular formula is C23H33N7S. The fourth-order valence-electron chi connectivity index (χ4n) is 4.16. The quantitative estimate of drug-likeness (QED) is 0.687. The van der Waals surface area contributed by atoms with Crippen LogP contribution >= 0.6 is 12.2 Å². The summed E-state index contributed by atoms with van der Waals surface area (Å²) in [7, 11) is 0. The monoisotopic (exact) mass is 439 g/mol. The number of piperidine rings is 1. The molecule has 0 unspecified atom stereocenters. The SMILES string of the molecule is CC(C)NC(=S)Nc1nc(N2CCCCC2)cc(N2CCN(c3ccccc3)CC2)n1. The average molecular weight is 440 g/mol. The number of aromatic nitrogens is 2. The topological polar surface area (TPSA) is 59.6 Å². The van der Waals surface area contributed by atoms with Gasteiger partial charge in [-0.05, 0) is 57.5 Å². The van der Waals surface area contributed by atoms with Gasteiger partial charge in [0.15, 0.2) is 5.11 Å². The van der Waals surface area contributed by atoms with Crippen molar-refractivity contribution in [1.29, 1.82) is 0 Å². The molecule has 0 aliphatic carbocycles. The Balaban J connectivity index is 1.51. The number of rotatable bonds is 5. The van der Waals surface area contributed by atoms with Crippen LogP contribution in [0.4, 0.5) is 23.3 Å². The van der Waals surface area contributed by atoms with Gasteiger partial charge in [-0.25, -0.2) is 0 Å². The van der Waals surface area contributed by atoms with Gasteiger partial charge in [0.2, 0.25) is 5.95 Å². The first kappa shape index (κ1) is 21.6. The van der Waals surface area contributed by atoms with Crippen molar-refractivity contribution >= 4 is 40.6 Å². The number of piperazine rings is 1. The summed E-state index contributed by atoms with van der Waals surface area (Å²) in [5.41, 5.74) is 1.28. The number of benzene rings is 1. The van der Waals surface area contributed by atoms with Crippen LogP contribution in [-0.4, -0.2) is 60.4 Å². The number of hydrogen-bond donors (Lipinski definition) is 2. The summed E-state index contributed by atoms with van der Waals surface area (Å²) < 4.78 is 0. The van der Waals surface area contributed by atoms with Gasteiger partial charge in [0.05, 0.1) is 0 Å². The molecule has 2 fully saturated rings. The molecule has 1 aromatic carbocycles. The lowest BCUT2D eigenvalue weighted by Gasteiger charge is -2.37. The Hall–Kier alpha value is -2.61. The second kappa shape index (κ2) is 10.1. The fraction of sp³-hybridized carbons (Fsp3) is 0.522. The molecule has 1 aromatic heterocycles. The number of hydrogen-bond acceptors (Lipinski definition) is 6. The van der Waals surface area contributed by atoms with Crippen LogP contribution in [0.15, 0.2) is 36.4 Å². The Morgan fingerprint density at radius 1 is 0.839 bits per heavy atom. The largest absolute Gasteiger partial charge is 0.368 e. The van der Waals surface area contributed by atoms with Crippen LogP contribution in [0.3, 0.4) is 0 Å². The van der Waals surface area contributed by atoms with Gasteiger partial charge in [-0.3, -0.25) is 0 Å². The highest BCUT2D eigenvalue weighted by molar-refractivity contribution is 7.80. The molecule has 2 aromatic rings. The molecule has 7 nitrogen and oxygen atoms in total. The normalized spacial score (nSPS) is 17.1. The predicted molar refractivity (Wildman–Crippen MR) is 133 cm³/mol. The molecule has 0 atom stereocenters. The molecule has 2 aliphatic rings. The number of anilines is 4. The summed E-state index contributed by atoms with van der Waals surface area (Å²) in [5, 5.41) is 6.98. The second-order valence-corrected chi connectivity index (χ2v) is 8.93. The molecule has 166 valence electrons. The van der Waals surface area contributed by atoms with Gasteiger partial charge in [-0.2, -0.15) is 9.97 Å². The van der Waals surface area contributed by atoms with Gasteiger partial charge in [0, 0.05) is 57.1 Å². The van der Waals surface area contributed by atoms with Gasteiger partial charge < -0.3 is 25.3 Å². The third-order valence-corrected chi connectivity index (χ3v) is 5.97. The number of thiocarbonyl (C=S) groups is 1. The Labute approximate surface area is 190 Å². The molecule has 4 rings (SSSR count). The second-order valence-electron chi connectivity index (χ2n) is 8.52. The van der Waals surface area contributed by atoms with E-state index in [1.165, 1.54) is 24.9 Å². The molecule has 0 amide bonds. The Morgan fingerprint density at radius 3 is 2.03 bits per heavy atom. The van der Waals surface area contributed by atoms with Gasteiger partial charge in [0.1, 0.15) is 11.6 Å². The van der Waals surface area contributed by atoms with Gasteiger partial charge in [0.25, 0.3) is 0 Å². The van der Waals surface area contributed by atoms with Crippen molar-refractivity contribution in [3.63, 3.8) is 0 Å². The van der Waals surface area contributed by atoms with E-state index < -0.39 is 0 Å². The predicted octanol–water partition coefficient (Wildman–Crippen LogP) is 3.49. The van der Waals surface area contributed by atoms with E-state index in [1.54, 1.807) is 0 Å². The van der Waals surface area contributed by atoms with E-state index in [2.05, 4.69) is 75.6 Å². The first-order valence-corrected chi connectivity index (χ1v) is 11.8. The molecule has 2 saturated heterocycles. The molecule has 0 spiro atoms. The van der Waals surface area contributed by atoms with Crippen LogP contribution in [-0.2, 0) is 0 Å². The minimum Gasteiger partial charge on any atom is -0.368 e. The Morgan fingerprint density at radius 2 is 1.42 bits per heavy atom. The summed E-state index contributed by atoms with van der Waals surface area (Å²) in [6.45, 7) is 10.0. The summed E-state index contributed by atoms with van der Waals surface area (Å²) in [4.78, 5) is 16.8. The lowest BCUT2D eigenvalue weighted by Crippen LogP contribution is -2.47. The standard InChI is InChI=1S/C23H33N7S/c1-18(2)24-23(31)27-22-25-20(29-11-7-4-8-12-29)17-21(26-22)30-15-13-28(14-16-30)19-9-5-3-6-10-19/h3,5-6,9-10,17-18H,4,7-8,11-16H2,1-2H3,(H2,24,25,26,27,31). The summed E-state index contributed by atoms with van der Waals surface area (Å²) in [6, 6.07) is 13.0. The summed E-state index contributed by atoms with van der Waals surface area (Å²) in [6.07, 6.45) is 3.72. The van der Waals surface area contributed by atoms with Crippen LogP contribution < -0.4 is 25.3 Å². The lowest BCUT2D eigenvalue weighted by molar-refractivity contribution is 0.573. The van der Waals surface area contributed by atoms with E-state index in [1.807, 2.05) is 0 Å². The van der Waals surface area contributed by atoms with Crippen LogP contribution in [0, 0.1) is 0 Å². The minimum absolute atomic E-state index is 0.260. The van der Waals surface area contributed by atoms with E-state index in [-0.39, 0.29) is 6.04 Å². The van der Waals surface area contributed by atoms with Gasteiger partial charge in [-0.15, -0.1) is 0 Å². The average Bonchev–Trinajstić information content (AvgIpc) is 2.79. The molecule has 2 aliphatic heterocycles. The highest BCUT2D eigenvalue weighted by Gasteiger charge is 2.22. The van der Waals surface area contributed by atoms with Crippen LogP contribution in [0.5, 0.6) is 0 Å². The van der Waals surface area contributed by atoms with Crippen molar-refractivity contribution in [3.05, 3.63) is 36.4 Å². The molecule has 3 heterocycles. The first-order valence-electron chi connectivity index (χ1n) is 11.3. The summed E-state index contributed by atoms with van der Waals surface area (Å²) in [5.74, 6) is 2.53. The third kappa shape index (κ3) is 5.76. The Kier molecular flexibility index (Phi) is 7.06. The minimum atomic E-state index is 0.260. The zero-order chi connectivity index (χ0) is 21.6. The molecule has 31 heavy (non-hydrogen) atoms. The van der Waals surface area contributed by atoms with Crippen molar-refractivity contribution in [2.24, 2.45) is 0 Å². The molecular weight excluding hydrogens is 406 g/mol. The van der Waals surface area contributed by atoms with E-state index in [9.17, 15) is 0 Å². The van der Waals surface area contributed by atoms with Gasteiger partial charge in [-0.1, -0.05) is 18.2 Å². The molecule has 0 saturated carbocycles. The third-order valence-electron chi connectivity index (χ3n) is 5.75. The molecule has 0 radical (unpaired) electrons. The molecule has 2 N–H and O–H groups in total. The van der Waals surface area contributed by atoms with Crippen molar-refractivity contribution in [1.82, 2.24) is 15.3 Å². The number of nitrogens with zero attached hydrogens (tertiary/aromatic N) is 5. The maximum absolute atomic E-state index is 5.45.